The van der Waals surface area contributed by atoms with Gasteiger partial charge in [-0.3, -0.25) is 0 Å². The molecule has 1 aromatic carbocycles. The van der Waals surface area contributed by atoms with Gasteiger partial charge in [-0.1, -0.05) is 28.9 Å². The third-order valence-corrected chi connectivity index (χ3v) is 5.32. The molecule has 0 aromatic heterocycles. The van der Waals surface area contributed by atoms with E-state index in [1.807, 2.05) is 0 Å². The van der Waals surface area contributed by atoms with Gasteiger partial charge in [0.1, 0.15) is 11.4 Å². The monoisotopic (exact) mass is 352 g/mol. The molecule has 1 aromatic rings. The molecule has 1 spiro atoms. The predicted molar refractivity (Wildman–Crippen MR) is 89.9 cm³/mol. The molecule has 2 unspecified atom stereocenters. The summed E-state index contributed by atoms with van der Waals surface area (Å²) in [6.07, 6.45) is 4.59. The van der Waals surface area contributed by atoms with Crippen LogP contribution in [0.3, 0.4) is 0 Å². The van der Waals surface area contributed by atoms with Gasteiger partial charge in [0.25, 0.3) is 0 Å². The molecule has 2 aliphatic heterocycles. The highest BCUT2D eigenvalue weighted by Crippen LogP contribution is 2.45. The summed E-state index contributed by atoms with van der Waals surface area (Å²) in [5, 5.41) is 3.65. The molecule has 116 valence electrons. The fourth-order valence-corrected chi connectivity index (χ4v) is 4.02. The van der Waals surface area contributed by atoms with E-state index in [0.717, 1.165) is 42.6 Å². The van der Waals surface area contributed by atoms with E-state index in [4.69, 9.17) is 4.74 Å². The number of fused-ring (bicyclic) bond motifs is 1. The quantitative estimate of drug-likeness (QED) is 0.877. The van der Waals surface area contributed by atoms with Crippen molar-refractivity contribution in [3.63, 3.8) is 0 Å². The Kier molecular flexibility index (Phi) is 4.57. The highest BCUT2D eigenvalue weighted by Gasteiger charge is 2.41. The fraction of sp³-hybridized carbons (Fsp3) is 0.647. The van der Waals surface area contributed by atoms with Crippen molar-refractivity contribution in [3.8, 4) is 5.75 Å². The lowest BCUT2D eigenvalue weighted by atomic mass is 9.82. The minimum atomic E-state index is 0.00535. The van der Waals surface area contributed by atoms with Crippen LogP contribution in [0.4, 0.5) is 0 Å². The van der Waals surface area contributed by atoms with Crippen LogP contribution in [-0.2, 0) is 0 Å². The Morgan fingerprint density at radius 2 is 2.24 bits per heavy atom. The Morgan fingerprint density at radius 1 is 1.38 bits per heavy atom. The summed E-state index contributed by atoms with van der Waals surface area (Å²) < 4.78 is 7.65. The molecule has 2 heterocycles. The molecular weight excluding hydrogens is 328 g/mol. The van der Waals surface area contributed by atoms with Gasteiger partial charge in [-0.15, -0.1) is 0 Å². The summed E-state index contributed by atoms with van der Waals surface area (Å²) in [6, 6.07) is 6.86. The predicted octanol–water partition coefficient (Wildman–Crippen LogP) is 3.74. The standard InChI is InChI=1S/C17H25BrN2O/c1-3-19-15-12-17(7-4-9-20(2)10-8-17)21-16-11-13(18)5-6-14(15)16/h5-6,11,15,19H,3-4,7-10,12H2,1-2H3. The zero-order valence-electron chi connectivity index (χ0n) is 13.0. The van der Waals surface area contributed by atoms with Crippen molar-refractivity contribution >= 4 is 15.9 Å². The molecule has 21 heavy (non-hydrogen) atoms. The molecule has 0 aliphatic carbocycles. The van der Waals surface area contributed by atoms with Crippen LogP contribution in [0.1, 0.15) is 44.2 Å². The Balaban J connectivity index is 1.91. The van der Waals surface area contributed by atoms with Crippen molar-refractivity contribution in [3.05, 3.63) is 28.2 Å². The minimum Gasteiger partial charge on any atom is -0.487 e. The van der Waals surface area contributed by atoms with Crippen LogP contribution >= 0.6 is 15.9 Å². The van der Waals surface area contributed by atoms with Crippen LogP contribution in [0.15, 0.2) is 22.7 Å². The summed E-state index contributed by atoms with van der Waals surface area (Å²) in [5.74, 6) is 1.06. The number of benzene rings is 1. The summed E-state index contributed by atoms with van der Waals surface area (Å²) in [5.41, 5.74) is 1.31. The van der Waals surface area contributed by atoms with E-state index < -0.39 is 0 Å². The first kappa shape index (κ1) is 15.3. The van der Waals surface area contributed by atoms with Crippen LogP contribution in [0.5, 0.6) is 5.75 Å². The Labute approximate surface area is 136 Å². The first-order chi connectivity index (χ1) is 10.1. The number of nitrogens with one attached hydrogen (secondary N) is 1. The molecule has 0 saturated carbocycles. The van der Waals surface area contributed by atoms with Gasteiger partial charge in [0.05, 0.1) is 0 Å². The number of rotatable bonds is 2. The Morgan fingerprint density at radius 3 is 3.05 bits per heavy atom. The van der Waals surface area contributed by atoms with Crippen LogP contribution in [0.2, 0.25) is 0 Å². The van der Waals surface area contributed by atoms with E-state index in [9.17, 15) is 0 Å². The van der Waals surface area contributed by atoms with Crippen LogP contribution in [0, 0.1) is 0 Å². The second-order valence-electron chi connectivity index (χ2n) is 6.44. The number of halogens is 1. The molecule has 0 bridgehead atoms. The lowest BCUT2D eigenvalue weighted by Crippen LogP contribution is -2.44. The summed E-state index contributed by atoms with van der Waals surface area (Å²) >= 11 is 3.58. The first-order valence-corrected chi connectivity index (χ1v) is 8.81. The average molecular weight is 353 g/mol. The van der Waals surface area contributed by atoms with E-state index in [0.29, 0.717) is 6.04 Å². The summed E-state index contributed by atoms with van der Waals surface area (Å²) in [4.78, 5) is 2.43. The molecule has 1 saturated heterocycles. The van der Waals surface area contributed by atoms with Crippen molar-refractivity contribution in [2.45, 2.75) is 44.2 Å². The zero-order chi connectivity index (χ0) is 14.9. The smallest absolute Gasteiger partial charge is 0.126 e. The Hall–Kier alpha value is -0.580. The normalized spacial score (nSPS) is 29.8. The Bertz CT molecular complexity index is 508. The van der Waals surface area contributed by atoms with Gasteiger partial charge in [0, 0.05) is 29.0 Å². The molecule has 2 atom stereocenters. The maximum Gasteiger partial charge on any atom is 0.126 e. The summed E-state index contributed by atoms with van der Waals surface area (Å²) in [6.45, 7) is 5.49. The molecule has 0 amide bonds. The number of ether oxygens (including phenoxy) is 1. The van der Waals surface area contributed by atoms with Crippen molar-refractivity contribution in [1.82, 2.24) is 10.2 Å². The van der Waals surface area contributed by atoms with Crippen LogP contribution in [0.25, 0.3) is 0 Å². The lowest BCUT2D eigenvalue weighted by molar-refractivity contribution is 0.0173. The van der Waals surface area contributed by atoms with Gasteiger partial charge in [-0.05, 0) is 51.5 Å². The van der Waals surface area contributed by atoms with E-state index in [-0.39, 0.29) is 5.60 Å². The van der Waals surface area contributed by atoms with Crippen molar-refractivity contribution in [2.75, 3.05) is 26.7 Å². The van der Waals surface area contributed by atoms with Gasteiger partial charge < -0.3 is 15.0 Å². The fourth-order valence-electron chi connectivity index (χ4n) is 3.68. The molecule has 2 aliphatic rings. The van der Waals surface area contributed by atoms with E-state index >= 15 is 0 Å². The third kappa shape index (κ3) is 3.27. The van der Waals surface area contributed by atoms with Crippen molar-refractivity contribution in [2.24, 2.45) is 0 Å². The summed E-state index contributed by atoms with van der Waals surface area (Å²) in [7, 11) is 2.22. The highest BCUT2D eigenvalue weighted by atomic mass is 79.9. The van der Waals surface area contributed by atoms with E-state index in [2.05, 4.69) is 58.3 Å². The number of likely N-dealkylation sites (tertiary alicyclic amines) is 1. The molecule has 1 N–H and O–H groups in total. The second-order valence-corrected chi connectivity index (χ2v) is 7.35. The highest BCUT2D eigenvalue weighted by molar-refractivity contribution is 9.10. The van der Waals surface area contributed by atoms with Gasteiger partial charge in [0.2, 0.25) is 0 Å². The molecule has 3 nitrogen and oxygen atoms in total. The molecular formula is C17H25BrN2O. The number of nitrogens with zero attached hydrogens (tertiary/aromatic N) is 1. The van der Waals surface area contributed by atoms with Crippen LogP contribution < -0.4 is 10.1 Å². The average Bonchev–Trinajstić information content (AvgIpc) is 2.61. The number of hydrogen-bond acceptors (Lipinski definition) is 3. The first-order valence-electron chi connectivity index (χ1n) is 8.02. The minimum absolute atomic E-state index is 0.00535. The second kappa shape index (κ2) is 6.27. The van der Waals surface area contributed by atoms with Gasteiger partial charge in [0.15, 0.2) is 0 Å². The topological polar surface area (TPSA) is 24.5 Å². The van der Waals surface area contributed by atoms with E-state index in [1.54, 1.807) is 0 Å². The molecule has 0 radical (unpaired) electrons. The van der Waals surface area contributed by atoms with Gasteiger partial charge in [-0.25, -0.2) is 0 Å². The maximum absolute atomic E-state index is 6.55. The third-order valence-electron chi connectivity index (χ3n) is 4.83. The SMILES string of the molecule is CCNC1CC2(CCCN(C)CC2)Oc2cc(Br)ccc21. The molecule has 3 rings (SSSR count). The van der Waals surface area contributed by atoms with Gasteiger partial charge >= 0.3 is 0 Å². The molecule has 1 fully saturated rings. The zero-order valence-corrected chi connectivity index (χ0v) is 14.6. The van der Waals surface area contributed by atoms with Crippen molar-refractivity contribution in [1.29, 1.82) is 0 Å². The van der Waals surface area contributed by atoms with Gasteiger partial charge in [-0.2, -0.15) is 0 Å². The van der Waals surface area contributed by atoms with E-state index in [1.165, 1.54) is 18.5 Å². The van der Waals surface area contributed by atoms with Crippen molar-refractivity contribution < 1.29 is 4.74 Å². The molecule has 4 heteroatoms. The lowest BCUT2D eigenvalue weighted by Gasteiger charge is -2.42. The van der Waals surface area contributed by atoms with Crippen LogP contribution in [-0.4, -0.2) is 37.2 Å². The number of hydrogen-bond donors (Lipinski definition) is 1. The largest absolute Gasteiger partial charge is 0.487 e. The maximum atomic E-state index is 6.55.